The molecule has 0 aliphatic rings. The molecule has 0 spiro atoms. The number of alkyl halides is 3. The van der Waals surface area contributed by atoms with E-state index in [0.717, 1.165) is 35.5 Å². The average molecular weight is 503 g/mol. The number of nitrogens with zero attached hydrogens (tertiary/aromatic N) is 3. The Morgan fingerprint density at radius 3 is 2.57 bits per heavy atom. The summed E-state index contributed by atoms with van der Waals surface area (Å²) in [4.78, 5) is 12.4. The van der Waals surface area contributed by atoms with Gasteiger partial charge in [0.05, 0.1) is 22.5 Å². The van der Waals surface area contributed by atoms with Crippen LogP contribution in [-0.4, -0.2) is 43.1 Å². The van der Waals surface area contributed by atoms with Gasteiger partial charge >= 0.3 is 6.18 Å². The minimum atomic E-state index is -4.71. The van der Waals surface area contributed by atoms with Crippen LogP contribution in [-0.2, 0) is 21.0 Å². The van der Waals surface area contributed by atoms with Gasteiger partial charge in [-0.15, -0.1) is 10.2 Å². The van der Waals surface area contributed by atoms with E-state index in [4.69, 9.17) is 11.6 Å². The molecule has 0 fully saturated rings. The molecule has 0 radical (unpaired) electrons. The van der Waals surface area contributed by atoms with Crippen LogP contribution in [0.5, 0.6) is 0 Å². The highest BCUT2D eigenvalue weighted by Crippen LogP contribution is 2.36. The van der Waals surface area contributed by atoms with Crippen molar-refractivity contribution in [3.05, 3.63) is 28.8 Å². The van der Waals surface area contributed by atoms with Crippen LogP contribution in [0.2, 0.25) is 5.02 Å². The van der Waals surface area contributed by atoms with Gasteiger partial charge in [0, 0.05) is 5.75 Å². The molecule has 1 heterocycles. The van der Waals surface area contributed by atoms with E-state index in [-0.39, 0.29) is 10.2 Å². The molecule has 0 aliphatic carbocycles. The van der Waals surface area contributed by atoms with E-state index in [0.29, 0.717) is 20.6 Å². The summed E-state index contributed by atoms with van der Waals surface area (Å²) in [6.07, 6.45) is -3.94. The van der Waals surface area contributed by atoms with Crippen LogP contribution in [0.15, 0.2) is 22.5 Å². The number of thioether (sulfide) groups is 1. The molecule has 7 nitrogen and oxygen atoms in total. The first kappa shape index (κ1) is 24.7. The van der Waals surface area contributed by atoms with Crippen LogP contribution in [0.25, 0.3) is 0 Å². The SMILES string of the molecule is CC(C)CSc1nnc(NC(=O)CN(c2cc(C(F)(F)F)ccc2Cl)S(C)(=O)=O)s1. The molecule has 30 heavy (non-hydrogen) atoms. The number of anilines is 2. The second-order valence-corrected chi connectivity index (χ2v) is 11.1. The minimum absolute atomic E-state index is 0.148. The van der Waals surface area contributed by atoms with Gasteiger partial charge in [0.15, 0.2) is 4.34 Å². The van der Waals surface area contributed by atoms with Gasteiger partial charge in [0.25, 0.3) is 0 Å². The fourth-order valence-electron chi connectivity index (χ4n) is 2.11. The number of benzene rings is 1. The molecule has 2 aromatic rings. The highest BCUT2D eigenvalue weighted by Gasteiger charge is 2.33. The highest BCUT2D eigenvalue weighted by molar-refractivity contribution is 8.01. The fraction of sp³-hybridized carbons (Fsp3) is 0.438. The smallest absolute Gasteiger partial charge is 0.299 e. The zero-order chi connectivity index (χ0) is 22.7. The molecule has 1 aromatic carbocycles. The number of carbonyl (C=O) groups is 1. The van der Waals surface area contributed by atoms with Crippen LogP contribution in [0.3, 0.4) is 0 Å². The van der Waals surface area contributed by atoms with Crippen molar-refractivity contribution in [3.8, 4) is 0 Å². The largest absolute Gasteiger partial charge is 0.416 e. The molecule has 1 N–H and O–H groups in total. The maximum Gasteiger partial charge on any atom is 0.416 e. The molecule has 1 amide bonds. The van der Waals surface area contributed by atoms with Crippen LogP contribution in [0.4, 0.5) is 24.0 Å². The minimum Gasteiger partial charge on any atom is -0.299 e. The van der Waals surface area contributed by atoms with Crippen molar-refractivity contribution in [2.45, 2.75) is 24.4 Å². The van der Waals surface area contributed by atoms with Crippen molar-refractivity contribution in [1.82, 2.24) is 10.2 Å². The van der Waals surface area contributed by atoms with Gasteiger partial charge in [-0.3, -0.25) is 14.4 Å². The predicted octanol–water partition coefficient (Wildman–Crippen LogP) is 4.36. The number of amides is 1. The molecule has 0 atom stereocenters. The third-order valence-corrected chi connectivity index (χ3v) is 7.27. The number of carbonyl (C=O) groups excluding carboxylic acids is 1. The van der Waals surface area contributed by atoms with Crippen LogP contribution in [0, 0.1) is 5.92 Å². The average Bonchev–Trinajstić information content (AvgIpc) is 3.04. The summed E-state index contributed by atoms with van der Waals surface area (Å²) in [5.41, 5.74) is -1.54. The maximum absolute atomic E-state index is 13.0. The zero-order valence-electron chi connectivity index (χ0n) is 16.0. The van der Waals surface area contributed by atoms with Gasteiger partial charge in [-0.05, 0) is 24.1 Å². The molecule has 0 saturated heterocycles. The third kappa shape index (κ3) is 7.00. The number of hydrogen-bond acceptors (Lipinski definition) is 7. The fourth-order valence-corrected chi connectivity index (χ4v) is 4.98. The molecule has 0 aliphatic heterocycles. The third-order valence-electron chi connectivity index (χ3n) is 3.42. The van der Waals surface area contributed by atoms with E-state index in [1.165, 1.54) is 11.8 Å². The van der Waals surface area contributed by atoms with Gasteiger partial charge < -0.3 is 0 Å². The first-order valence-corrected chi connectivity index (χ1v) is 12.4. The molecular weight excluding hydrogens is 485 g/mol. The van der Waals surface area contributed by atoms with Gasteiger partial charge in [-0.25, -0.2) is 8.42 Å². The van der Waals surface area contributed by atoms with Crippen molar-refractivity contribution in [1.29, 1.82) is 0 Å². The summed E-state index contributed by atoms with van der Waals surface area (Å²) in [5, 5.41) is 10.0. The Labute approximate surface area is 185 Å². The van der Waals surface area contributed by atoms with Gasteiger partial charge in [-0.2, -0.15) is 13.2 Å². The van der Waals surface area contributed by atoms with E-state index >= 15 is 0 Å². The molecule has 166 valence electrons. The van der Waals surface area contributed by atoms with Gasteiger partial charge in [-0.1, -0.05) is 48.5 Å². The molecule has 0 unspecified atom stereocenters. The quantitative estimate of drug-likeness (QED) is 0.426. The number of rotatable bonds is 8. The van der Waals surface area contributed by atoms with Crippen molar-refractivity contribution >= 4 is 61.4 Å². The summed E-state index contributed by atoms with van der Waals surface area (Å²) < 4.78 is 64.5. The Balaban J connectivity index is 2.21. The number of sulfonamides is 1. The molecule has 0 saturated carbocycles. The van der Waals surface area contributed by atoms with Crippen LogP contribution >= 0.6 is 34.7 Å². The lowest BCUT2D eigenvalue weighted by Gasteiger charge is -2.23. The zero-order valence-corrected chi connectivity index (χ0v) is 19.2. The summed E-state index contributed by atoms with van der Waals surface area (Å²) in [6, 6.07) is 2.24. The van der Waals surface area contributed by atoms with Crippen molar-refractivity contribution < 1.29 is 26.4 Å². The van der Waals surface area contributed by atoms with E-state index in [2.05, 4.69) is 15.5 Å². The molecule has 0 bridgehead atoms. The molecule has 1 aromatic heterocycles. The Kier molecular flexibility index (Phi) is 7.99. The van der Waals surface area contributed by atoms with E-state index < -0.39 is 39.9 Å². The molecular formula is C16H18ClF3N4O3S3. The number of aromatic nitrogens is 2. The number of nitrogens with one attached hydrogen (secondary N) is 1. The molecule has 14 heteroatoms. The van der Waals surface area contributed by atoms with Gasteiger partial charge in [0.2, 0.25) is 21.1 Å². The molecule has 2 rings (SSSR count). The van der Waals surface area contributed by atoms with Crippen molar-refractivity contribution in [2.24, 2.45) is 5.92 Å². The summed E-state index contributed by atoms with van der Waals surface area (Å²) >= 11 is 8.50. The number of hydrogen-bond donors (Lipinski definition) is 1. The topological polar surface area (TPSA) is 92.3 Å². The first-order valence-electron chi connectivity index (χ1n) is 8.38. The summed E-state index contributed by atoms with van der Waals surface area (Å²) in [6.45, 7) is 3.29. The predicted molar refractivity (Wildman–Crippen MR) is 113 cm³/mol. The summed E-state index contributed by atoms with van der Waals surface area (Å²) in [7, 11) is -4.12. The normalized spacial score (nSPS) is 12.3. The maximum atomic E-state index is 13.0. The summed E-state index contributed by atoms with van der Waals surface area (Å²) in [5.74, 6) is 0.432. The number of halogens is 4. The Morgan fingerprint density at radius 1 is 1.33 bits per heavy atom. The van der Waals surface area contributed by atoms with Crippen molar-refractivity contribution in [2.75, 3.05) is 28.2 Å². The van der Waals surface area contributed by atoms with Crippen molar-refractivity contribution in [3.63, 3.8) is 0 Å². The highest BCUT2D eigenvalue weighted by atomic mass is 35.5. The monoisotopic (exact) mass is 502 g/mol. The van der Waals surface area contributed by atoms with E-state index in [1.54, 1.807) is 0 Å². The second kappa shape index (κ2) is 9.71. The lowest BCUT2D eigenvalue weighted by Crippen LogP contribution is -2.37. The van der Waals surface area contributed by atoms with Crippen LogP contribution < -0.4 is 9.62 Å². The standard InChI is InChI=1S/C16H18ClF3N4O3S3/c1-9(2)8-28-15-23-22-14(29-15)21-13(25)7-24(30(3,26)27)12-6-10(16(18,19)20)4-5-11(12)17/h4-6,9H,7-8H2,1-3H3,(H,21,22,25). The second-order valence-electron chi connectivity index (χ2n) is 6.56. The first-order chi connectivity index (χ1) is 13.8. The van der Waals surface area contributed by atoms with E-state index in [9.17, 15) is 26.4 Å². The lowest BCUT2D eigenvalue weighted by molar-refractivity contribution is -0.137. The van der Waals surface area contributed by atoms with Crippen LogP contribution in [0.1, 0.15) is 19.4 Å². The Bertz CT molecular complexity index is 1010. The van der Waals surface area contributed by atoms with E-state index in [1.807, 2.05) is 13.8 Å². The Morgan fingerprint density at radius 2 is 2.00 bits per heavy atom. The Hall–Kier alpha value is -1.57. The lowest BCUT2D eigenvalue weighted by atomic mass is 10.2. The van der Waals surface area contributed by atoms with Gasteiger partial charge in [0.1, 0.15) is 6.54 Å².